The van der Waals surface area contributed by atoms with Gasteiger partial charge in [0.15, 0.2) is 5.96 Å². The molecule has 0 amide bonds. The number of hydrogen-bond donors (Lipinski definition) is 1. The molecule has 1 aromatic carbocycles. The van der Waals surface area contributed by atoms with Gasteiger partial charge in [0.05, 0.1) is 19.1 Å². The molecule has 0 saturated carbocycles. The summed E-state index contributed by atoms with van der Waals surface area (Å²) in [5.74, 6) is 1.54. The third-order valence-corrected chi connectivity index (χ3v) is 4.35. The van der Waals surface area contributed by atoms with Gasteiger partial charge in [-0.2, -0.15) is 0 Å². The quantitative estimate of drug-likeness (QED) is 0.362. The number of hydrogen-bond acceptors (Lipinski definition) is 4. The van der Waals surface area contributed by atoms with Gasteiger partial charge in [-0.05, 0) is 44.0 Å². The molecule has 138 valence electrons. The standard InChI is InChI=1S/C18H26ClN3O3/c1-3-24-17(23)14-8-11-22(12-9-14)18(20-2)21-10-13-25-16-6-4-15(19)5-7-16/h4-7,14H,3,8-13H2,1-2H3,(H,20,21). The molecule has 25 heavy (non-hydrogen) atoms. The molecule has 2 rings (SSSR count). The lowest BCUT2D eigenvalue weighted by Crippen LogP contribution is -2.47. The summed E-state index contributed by atoms with van der Waals surface area (Å²) in [4.78, 5) is 18.3. The molecule has 1 saturated heterocycles. The molecule has 1 aliphatic rings. The Bertz CT molecular complexity index is 569. The lowest BCUT2D eigenvalue weighted by atomic mass is 9.97. The summed E-state index contributed by atoms with van der Waals surface area (Å²) in [6.45, 7) is 5.04. The van der Waals surface area contributed by atoms with Crippen molar-refractivity contribution in [1.29, 1.82) is 0 Å². The molecule has 1 N–H and O–H groups in total. The number of guanidine groups is 1. The summed E-state index contributed by atoms with van der Waals surface area (Å²) in [6.07, 6.45) is 1.58. The van der Waals surface area contributed by atoms with Crippen molar-refractivity contribution in [2.24, 2.45) is 10.9 Å². The van der Waals surface area contributed by atoms with Gasteiger partial charge in [-0.3, -0.25) is 9.79 Å². The van der Waals surface area contributed by atoms with Gasteiger partial charge in [0.2, 0.25) is 0 Å². The molecule has 1 aliphatic heterocycles. The summed E-state index contributed by atoms with van der Waals surface area (Å²) < 4.78 is 10.8. The van der Waals surface area contributed by atoms with Crippen molar-refractivity contribution in [3.05, 3.63) is 29.3 Å². The van der Waals surface area contributed by atoms with Crippen LogP contribution in [0.2, 0.25) is 5.02 Å². The lowest BCUT2D eigenvalue weighted by Gasteiger charge is -2.33. The van der Waals surface area contributed by atoms with Crippen molar-refractivity contribution < 1.29 is 14.3 Å². The first-order valence-electron chi connectivity index (χ1n) is 8.64. The van der Waals surface area contributed by atoms with E-state index in [9.17, 15) is 4.79 Å². The van der Waals surface area contributed by atoms with Gasteiger partial charge in [-0.1, -0.05) is 11.6 Å². The monoisotopic (exact) mass is 367 g/mol. The van der Waals surface area contributed by atoms with Crippen molar-refractivity contribution >= 4 is 23.5 Å². The zero-order chi connectivity index (χ0) is 18.1. The zero-order valence-electron chi connectivity index (χ0n) is 14.8. The first-order chi connectivity index (χ1) is 12.1. The van der Waals surface area contributed by atoms with Crippen LogP contribution in [0.3, 0.4) is 0 Å². The summed E-state index contributed by atoms with van der Waals surface area (Å²) in [5.41, 5.74) is 0. The van der Waals surface area contributed by atoms with E-state index in [4.69, 9.17) is 21.1 Å². The third kappa shape index (κ3) is 6.12. The minimum Gasteiger partial charge on any atom is -0.492 e. The van der Waals surface area contributed by atoms with Gasteiger partial charge in [-0.15, -0.1) is 0 Å². The molecule has 0 radical (unpaired) electrons. The first kappa shape index (κ1) is 19.4. The number of esters is 1. The van der Waals surface area contributed by atoms with Crippen LogP contribution < -0.4 is 10.1 Å². The molecule has 7 heteroatoms. The molecule has 1 fully saturated rings. The number of nitrogens with one attached hydrogen (secondary N) is 1. The minimum atomic E-state index is -0.0820. The number of halogens is 1. The highest BCUT2D eigenvalue weighted by Crippen LogP contribution is 2.19. The summed E-state index contributed by atoms with van der Waals surface area (Å²) in [6, 6.07) is 7.29. The van der Waals surface area contributed by atoms with Crippen LogP contribution in [0.1, 0.15) is 19.8 Å². The Morgan fingerprint density at radius 3 is 2.60 bits per heavy atom. The Kier molecular flexibility index (Phi) is 7.85. The van der Waals surface area contributed by atoms with Gasteiger partial charge in [0, 0.05) is 25.2 Å². The van der Waals surface area contributed by atoms with Crippen LogP contribution in [0.25, 0.3) is 0 Å². The van der Waals surface area contributed by atoms with E-state index in [1.54, 1.807) is 19.2 Å². The molecule has 1 aromatic rings. The Morgan fingerprint density at radius 2 is 2.00 bits per heavy atom. The fourth-order valence-electron chi connectivity index (χ4n) is 2.78. The smallest absolute Gasteiger partial charge is 0.309 e. The minimum absolute atomic E-state index is 0.00236. The van der Waals surface area contributed by atoms with Crippen LogP contribution in [0.4, 0.5) is 0 Å². The van der Waals surface area contributed by atoms with Crippen molar-refractivity contribution in [3.8, 4) is 5.75 Å². The van der Waals surface area contributed by atoms with Gasteiger partial charge in [-0.25, -0.2) is 0 Å². The molecule has 6 nitrogen and oxygen atoms in total. The number of carbonyl (C=O) groups excluding carboxylic acids is 1. The van der Waals surface area contributed by atoms with E-state index in [1.807, 2.05) is 19.1 Å². The number of rotatable bonds is 6. The number of aliphatic imine (C=N–C) groups is 1. The van der Waals surface area contributed by atoms with E-state index in [0.29, 0.717) is 24.8 Å². The van der Waals surface area contributed by atoms with Gasteiger partial charge in [0.1, 0.15) is 12.4 Å². The SMILES string of the molecule is CCOC(=O)C1CCN(C(=NC)NCCOc2ccc(Cl)cc2)CC1. The number of ether oxygens (including phenoxy) is 2. The average molecular weight is 368 g/mol. The third-order valence-electron chi connectivity index (χ3n) is 4.09. The average Bonchev–Trinajstić information content (AvgIpc) is 2.64. The molecular formula is C18H26ClN3O3. The number of piperidine rings is 1. The molecule has 0 aliphatic carbocycles. The fourth-order valence-corrected chi connectivity index (χ4v) is 2.91. The summed E-state index contributed by atoms with van der Waals surface area (Å²) >= 11 is 5.85. The summed E-state index contributed by atoms with van der Waals surface area (Å²) in [7, 11) is 1.76. The van der Waals surface area contributed by atoms with E-state index in [1.165, 1.54) is 0 Å². The second kappa shape index (κ2) is 10.1. The number of benzene rings is 1. The van der Waals surface area contributed by atoms with Crippen molar-refractivity contribution in [3.63, 3.8) is 0 Å². The number of nitrogens with zero attached hydrogens (tertiary/aromatic N) is 2. The van der Waals surface area contributed by atoms with Crippen LogP contribution in [0.5, 0.6) is 5.75 Å². The van der Waals surface area contributed by atoms with Crippen molar-refractivity contribution in [2.75, 3.05) is 39.9 Å². The highest BCUT2D eigenvalue weighted by molar-refractivity contribution is 6.30. The van der Waals surface area contributed by atoms with Crippen LogP contribution in [0.15, 0.2) is 29.3 Å². The maximum atomic E-state index is 11.8. The highest BCUT2D eigenvalue weighted by Gasteiger charge is 2.27. The van der Waals surface area contributed by atoms with E-state index in [0.717, 1.165) is 37.6 Å². The molecule has 0 aromatic heterocycles. The van der Waals surface area contributed by atoms with E-state index in [-0.39, 0.29) is 11.9 Å². The van der Waals surface area contributed by atoms with Crippen LogP contribution in [-0.2, 0) is 9.53 Å². The van der Waals surface area contributed by atoms with Crippen LogP contribution >= 0.6 is 11.6 Å². The number of likely N-dealkylation sites (tertiary alicyclic amines) is 1. The van der Waals surface area contributed by atoms with Crippen LogP contribution in [-0.4, -0.2) is 56.7 Å². The molecule has 0 unspecified atom stereocenters. The second-order valence-corrected chi connectivity index (χ2v) is 6.23. The first-order valence-corrected chi connectivity index (χ1v) is 9.02. The van der Waals surface area contributed by atoms with Gasteiger partial charge in [0.25, 0.3) is 0 Å². The molecule has 1 heterocycles. The van der Waals surface area contributed by atoms with Crippen molar-refractivity contribution in [1.82, 2.24) is 10.2 Å². The Balaban J connectivity index is 1.70. The molecule has 0 bridgehead atoms. The fraction of sp³-hybridized carbons (Fsp3) is 0.556. The second-order valence-electron chi connectivity index (χ2n) is 5.79. The molecular weight excluding hydrogens is 342 g/mol. The predicted molar refractivity (Wildman–Crippen MR) is 99.2 cm³/mol. The number of carbonyl (C=O) groups is 1. The Hall–Kier alpha value is -1.95. The maximum absolute atomic E-state index is 11.8. The zero-order valence-corrected chi connectivity index (χ0v) is 15.6. The van der Waals surface area contributed by atoms with Crippen molar-refractivity contribution in [2.45, 2.75) is 19.8 Å². The lowest BCUT2D eigenvalue weighted by molar-refractivity contribution is -0.149. The molecule has 0 spiro atoms. The Labute approximate surface area is 154 Å². The van der Waals surface area contributed by atoms with Gasteiger partial charge >= 0.3 is 5.97 Å². The maximum Gasteiger partial charge on any atom is 0.309 e. The van der Waals surface area contributed by atoms with E-state index >= 15 is 0 Å². The summed E-state index contributed by atoms with van der Waals surface area (Å²) in [5, 5.41) is 3.99. The largest absolute Gasteiger partial charge is 0.492 e. The highest BCUT2D eigenvalue weighted by atomic mass is 35.5. The predicted octanol–water partition coefficient (Wildman–Crippen LogP) is 2.57. The normalized spacial score (nSPS) is 15.8. The van der Waals surface area contributed by atoms with E-state index < -0.39 is 0 Å². The Morgan fingerprint density at radius 1 is 1.32 bits per heavy atom. The topological polar surface area (TPSA) is 63.2 Å². The van der Waals surface area contributed by atoms with Gasteiger partial charge < -0.3 is 19.7 Å². The van der Waals surface area contributed by atoms with Crippen LogP contribution in [0, 0.1) is 5.92 Å². The van der Waals surface area contributed by atoms with E-state index in [2.05, 4.69) is 15.2 Å². The molecule has 0 atom stereocenters.